The molecule has 18 heavy (non-hydrogen) atoms. The van der Waals surface area contributed by atoms with Gasteiger partial charge in [0.1, 0.15) is 5.82 Å². The standard InChI is InChI=1S/C14H19FN2O/c1-10-7-8-12(15)13(9-10)17-14(18)16-11-5-3-2-4-6-11/h7-9,11H,2-6H2,1H3,(H2,16,17,18). The average molecular weight is 250 g/mol. The van der Waals surface area contributed by atoms with Crippen molar-refractivity contribution < 1.29 is 9.18 Å². The number of nitrogens with one attached hydrogen (secondary N) is 2. The minimum absolute atomic E-state index is 0.228. The fraction of sp³-hybridized carbons (Fsp3) is 0.500. The SMILES string of the molecule is Cc1ccc(F)c(NC(=O)NC2CCCCC2)c1. The Morgan fingerprint density at radius 3 is 2.72 bits per heavy atom. The van der Waals surface area contributed by atoms with E-state index in [9.17, 15) is 9.18 Å². The summed E-state index contributed by atoms with van der Waals surface area (Å²) in [5.74, 6) is -0.403. The van der Waals surface area contributed by atoms with Gasteiger partial charge >= 0.3 is 6.03 Å². The summed E-state index contributed by atoms with van der Waals surface area (Å²) in [6.07, 6.45) is 5.59. The molecule has 0 heterocycles. The van der Waals surface area contributed by atoms with Crippen molar-refractivity contribution in [3.63, 3.8) is 0 Å². The zero-order valence-corrected chi connectivity index (χ0v) is 10.6. The molecule has 0 atom stereocenters. The molecule has 0 saturated heterocycles. The van der Waals surface area contributed by atoms with Gasteiger partial charge in [0.25, 0.3) is 0 Å². The quantitative estimate of drug-likeness (QED) is 0.827. The van der Waals surface area contributed by atoms with Crippen molar-refractivity contribution in [2.45, 2.75) is 45.1 Å². The summed E-state index contributed by atoms with van der Waals surface area (Å²) < 4.78 is 13.5. The number of halogens is 1. The molecule has 2 rings (SSSR count). The van der Waals surface area contributed by atoms with Crippen LogP contribution in [-0.4, -0.2) is 12.1 Å². The first-order valence-electron chi connectivity index (χ1n) is 6.49. The van der Waals surface area contributed by atoms with Gasteiger partial charge in [-0.3, -0.25) is 0 Å². The van der Waals surface area contributed by atoms with E-state index in [-0.39, 0.29) is 17.8 Å². The first-order chi connectivity index (χ1) is 8.65. The van der Waals surface area contributed by atoms with Crippen molar-refractivity contribution in [1.29, 1.82) is 0 Å². The highest BCUT2D eigenvalue weighted by molar-refractivity contribution is 5.89. The number of benzene rings is 1. The molecule has 0 aliphatic heterocycles. The van der Waals surface area contributed by atoms with Gasteiger partial charge in [-0.25, -0.2) is 9.18 Å². The maximum absolute atomic E-state index is 13.5. The topological polar surface area (TPSA) is 41.1 Å². The number of hydrogen-bond acceptors (Lipinski definition) is 1. The lowest BCUT2D eigenvalue weighted by atomic mass is 9.96. The van der Waals surface area contributed by atoms with Crippen molar-refractivity contribution in [2.24, 2.45) is 0 Å². The maximum atomic E-state index is 13.5. The van der Waals surface area contributed by atoms with E-state index in [1.165, 1.54) is 12.5 Å². The van der Waals surface area contributed by atoms with Crippen molar-refractivity contribution >= 4 is 11.7 Å². The van der Waals surface area contributed by atoms with Crippen LogP contribution >= 0.6 is 0 Å². The smallest absolute Gasteiger partial charge is 0.319 e. The first kappa shape index (κ1) is 12.9. The normalized spacial score (nSPS) is 16.3. The fourth-order valence-corrected chi connectivity index (χ4v) is 2.33. The molecule has 0 radical (unpaired) electrons. The molecule has 1 aliphatic carbocycles. The lowest BCUT2D eigenvalue weighted by Gasteiger charge is -2.22. The van der Waals surface area contributed by atoms with Gasteiger partial charge in [0, 0.05) is 6.04 Å². The Balaban J connectivity index is 1.92. The van der Waals surface area contributed by atoms with Gasteiger partial charge < -0.3 is 10.6 Å². The van der Waals surface area contributed by atoms with E-state index in [1.54, 1.807) is 12.1 Å². The van der Waals surface area contributed by atoms with E-state index in [2.05, 4.69) is 10.6 Å². The van der Waals surface area contributed by atoms with Crippen LogP contribution in [0.15, 0.2) is 18.2 Å². The molecule has 0 aromatic heterocycles. The number of amides is 2. The number of hydrogen-bond donors (Lipinski definition) is 2. The fourth-order valence-electron chi connectivity index (χ4n) is 2.33. The molecule has 1 saturated carbocycles. The lowest BCUT2D eigenvalue weighted by molar-refractivity contribution is 0.244. The summed E-state index contributed by atoms with van der Waals surface area (Å²) in [5, 5.41) is 5.47. The number of carbonyl (C=O) groups excluding carboxylic acids is 1. The summed E-state index contributed by atoms with van der Waals surface area (Å²) in [6, 6.07) is 4.60. The minimum Gasteiger partial charge on any atom is -0.335 e. The second kappa shape index (κ2) is 5.85. The summed E-state index contributed by atoms with van der Waals surface area (Å²) in [6.45, 7) is 1.86. The molecule has 1 aliphatic rings. The number of aryl methyl sites for hydroxylation is 1. The molecule has 0 bridgehead atoms. The highest BCUT2D eigenvalue weighted by atomic mass is 19.1. The van der Waals surface area contributed by atoms with E-state index >= 15 is 0 Å². The van der Waals surface area contributed by atoms with Crippen molar-refractivity contribution in [3.05, 3.63) is 29.6 Å². The van der Waals surface area contributed by atoms with Gasteiger partial charge in [0.2, 0.25) is 0 Å². The van der Waals surface area contributed by atoms with Crippen molar-refractivity contribution in [2.75, 3.05) is 5.32 Å². The van der Waals surface area contributed by atoms with Crippen LogP contribution in [0.5, 0.6) is 0 Å². The molecule has 2 amide bonds. The van der Waals surface area contributed by atoms with Crippen LogP contribution in [0.2, 0.25) is 0 Å². The summed E-state index contributed by atoms with van der Waals surface area (Å²) in [5.41, 5.74) is 1.16. The molecule has 4 heteroatoms. The minimum atomic E-state index is -0.403. The number of rotatable bonds is 2. The summed E-state index contributed by atoms with van der Waals surface area (Å²) >= 11 is 0. The van der Waals surface area contributed by atoms with Crippen LogP contribution in [0.1, 0.15) is 37.7 Å². The predicted octanol–water partition coefficient (Wildman–Crippen LogP) is 3.59. The van der Waals surface area contributed by atoms with Crippen LogP contribution < -0.4 is 10.6 Å². The van der Waals surface area contributed by atoms with Gasteiger partial charge in [-0.1, -0.05) is 25.3 Å². The summed E-state index contributed by atoms with van der Waals surface area (Å²) in [4.78, 5) is 11.8. The van der Waals surface area contributed by atoms with E-state index in [0.29, 0.717) is 0 Å². The molecule has 0 spiro atoms. The Kier molecular flexibility index (Phi) is 4.18. The number of anilines is 1. The highest BCUT2D eigenvalue weighted by Gasteiger charge is 2.16. The molecule has 98 valence electrons. The van der Waals surface area contributed by atoms with Gasteiger partial charge in [-0.2, -0.15) is 0 Å². The first-order valence-corrected chi connectivity index (χ1v) is 6.49. The van der Waals surface area contributed by atoms with Crippen molar-refractivity contribution in [3.8, 4) is 0 Å². The Bertz CT molecular complexity index is 428. The van der Waals surface area contributed by atoms with E-state index < -0.39 is 5.82 Å². The van der Waals surface area contributed by atoms with Crippen LogP contribution in [0.4, 0.5) is 14.9 Å². The Morgan fingerprint density at radius 1 is 1.28 bits per heavy atom. The predicted molar refractivity (Wildman–Crippen MR) is 70.2 cm³/mol. The zero-order valence-electron chi connectivity index (χ0n) is 10.6. The summed E-state index contributed by atoms with van der Waals surface area (Å²) in [7, 11) is 0. The number of urea groups is 1. The highest BCUT2D eigenvalue weighted by Crippen LogP contribution is 2.18. The lowest BCUT2D eigenvalue weighted by Crippen LogP contribution is -2.39. The monoisotopic (exact) mass is 250 g/mol. The molecule has 1 aromatic carbocycles. The van der Waals surface area contributed by atoms with Gasteiger partial charge in [-0.15, -0.1) is 0 Å². The second-order valence-corrected chi connectivity index (χ2v) is 4.92. The Morgan fingerprint density at radius 2 is 2.00 bits per heavy atom. The van der Waals surface area contributed by atoms with Crippen LogP contribution in [0, 0.1) is 12.7 Å². The van der Waals surface area contributed by atoms with E-state index in [4.69, 9.17) is 0 Å². The molecule has 2 N–H and O–H groups in total. The average Bonchev–Trinajstić information content (AvgIpc) is 2.35. The van der Waals surface area contributed by atoms with Crippen molar-refractivity contribution in [1.82, 2.24) is 5.32 Å². The van der Waals surface area contributed by atoms with Gasteiger partial charge in [0.15, 0.2) is 0 Å². The molecule has 3 nitrogen and oxygen atoms in total. The second-order valence-electron chi connectivity index (χ2n) is 4.92. The van der Waals surface area contributed by atoms with E-state index in [0.717, 1.165) is 31.2 Å². The van der Waals surface area contributed by atoms with E-state index in [1.807, 2.05) is 6.92 Å². The van der Waals surface area contributed by atoms with Crippen LogP contribution in [-0.2, 0) is 0 Å². The zero-order chi connectivity index (χ0) is 13.0. The largest absolute Gasteiger partial charge is 0.335 e. The molecule has 0 unspecified atom stereocenters. The number of carbonyl (C=O) groups is 1. The van der Waals surface area contributed by atoms with Gasteiger partial charge in [0.05, 0.1) is 5.69 Å². The maximum Gasteiger partial charge on any atom is 0.319 e. The molecule has 1 fully saturated rings. The Hall–Kier alpha value is -1.58. The molecule has 1 aromatic rings. The molecular formula is C14H19FN2O. The molecular weight excluding hydrogens is 231 g/mol. The third kappa shape index (κ3) is 3.45. The third-order valence-corrected chi connectivity index (χ3v) is 3.31. The van der Waals surface area contributed by atoms with Crippen LogP contribution in [0.25, 0.3) is 0 Å². The Labute approximate surface area is 107 Å². The third-order valence-electron chi connectivity index (χ3n) is 3.31. The van der Waals surface area contributed by atoms with Gasteiger partial charge in [-0.05, 0) is 37.5 Å². The van der Waals surface area contributed by atoms with Crippen LogP contribution in [0.3, 0.4) is 0 Å².